The second kappa shape index (κ2) is 9.34. The second-order valence-corrected chi connectivity index (χ2v) is 7.68. The summed E-state index contributed by atoms with van der Waals surface area (Å²) in [6, 6.07) is 24.5. The highest BCUT2D eigenvalue weighted by Crippen LogP contribution is 2.27. The van der Waals surface area contributed by atoms with Crippen LogP contribution in [0.15, 0.2) is 89.8 Å². The first kappa shape index (κ1) is 19.2. The van der Waals surface area contributed by atoms with Crippen molar-refractivity contribution in [3.63, 3.8) is 0 Å². The monoisotopic (exact) mass is 401 g/mol. The Hall–Kier alpha value is -3.18. The number of nitrogens with zero attached hydrogens (tertiary/aromatic N) is 2. The topological polar surface area (TPSA) is 46.9 Å². The fourth-order valence-electron chi connectivity index (χ4n) is 3.42. The lowest BCUT2D eigenvalue weighted by Gasteiger charge is -2.18. The maximum Gasteiger partial charge on any atom is 0.221 e. The predicted octanol–water partition coefficient (Wildman–Crippen LogP) is 4.95. The molecule has 29 heavy (non-hydrogen) atoms. The van der Waals surface area contributed by atoms with Gasteiger partial charge in [0.2, 0.25) is 5.91 Å². The minimum atomic E-state index is 0.0484. The van der Waals surface area contributed by atoms with Gasteiger partial charge in [-0.3, -0.25) is 9.48 Å². The molecule has 1 N–H and O–H groups in total. The zero-order valence-corrected chi connectivity index (χ0v) is 16.9. The van der Waals surface area contributed by atoms with Gasteiger partial charge in [-0.2, -0.15) is 16.4 Å². The van der Waals surface area contributed by atoms with Crippen LogP contribution in [0.5, 0.6) is 0 Å². The van der Waals surface area contributed by atoms with E-state index in [1.165, 1.54) is 0 Å². The van der Waals surface area contributed by atoms with Crippen molar-refractivity contribution >= 4 is 17.2 Å². The molecule has 1 amide bonds. The summed E-state index contributed by atoms with van der Waals surface area (Å²) in [5.41, 5.74) is 4.40. The van der Waals surface area contributed by atoms with Gasteiger partial charge in [0.1, 0.15) is 0 Å². The first-order valence-electron chi connectivity index (χ1n) is 9.72. The van der Waals surface area contributed by atoms with Gasteiger partial charge in [-0.05, 0) is 28.6 Å². The van der Waals surface area contributed by atoms with Crippen molar-refractivity contribution in [3.8, 4) is 11.3 Å². The molecule has 4 aromatic rings. The Bertz CT molecular complexity index is 987. The first-order chi connectivity index (χ1) is 14.3. The highest BCUT2D eigenvalue weighted by atomic mass is 32.1. The summed E-state index contributed by atoms with van der Waals surface area (Å²) < 4.78 is 1.87. The Morgan fingerprint density at radius 1 is 0.966 bits per heavy atom. The van der Waals surface area contributed by atoms with Crippen molar-refractivity contribution in [2.75, 3.05) is 6.54 Å². The van der Waals surface area contributed by atoms with Crippen molar-refractivity contribution < 1.29 is 4.79 Å². The van der Waals surface area contributed by atoms with Crippen LogP contribution in [0, 0.1) is 0 Å². The molecule has 2 aromatic carbocycles. The van der Waals surface area contributed by atoms with E-state index >= 15 is 0 Å². The SMILES string of the molecule is O=C(CC(c1ccccc1)c1ccccc1)NCCn1ccc(-c2ccsc2)n1. The van der Waals surface area contributed by atoms with Gasteiger partial charge in [0.05, 0.1) is 12.2 Å². The number of carbonyl (C=O) groups is 1. The molecule has 0 aliphatic carbocycles. The van der Waals surface area contributed by atoms with Crippen LogP contribution in [0.25, 0.3) is 11.3 Å². The van der Waals surface area contributed by atoms with Crippen LogP contribution in [-0.2, 0) is 11.3 Å². The molecule has 0 saturated carbocycles. The number of hydrogen-bond donors (Lipinski definition) is 1. The number of nitrogens with one attached hydrogen (secondary N) is 1. The number of aromatic nitrogens is 2. The molecular formula is C24H23N3OS. The van der Waals surface area contributed by atoms with Crippen LogP contribution < -0.4 is 5.32 Å². The molecule has 0 atom stereocenters. The van der Waals surface area contributed by atoms with E-state index in [-0.39, 0.29) is 11.8 Å². The fraction of sp³-hybridized carbons (Fsp3) is 0.167. The van der Waals surface area contributed by atoms with Gasteiger partial charge in [0.25, 0.3) is 0 Å². The molecule has 0 fully saturated rings. The first-order valence-corrected chi connectivity index (χ1v) is 10.7. The standard InChI is InChI=1S/C24H23N3OS/c28-24(25-13-15-27-14-11-23(26-27)21-12-16-29-18-21)17-22(19-7-3-1-4-8-19)20-9-5-2-6-10-20/h1-12,14,16,18,22H,13,15,17H2,(H,25,28). The third-order valence-electron chi connectivity index (χ3n) is 4.91. The molecular weight excluding hydrogens is 378 g/mol. The van der Waals surface area contributed by atoms with E-state index in [0.29, 0.717) is 19.5 Å². The maximum absolute atomic E-state index is 12.6. The van der Waals surface area contributed by atoms with Crippen LogP contribution in [0.1, 0.15) is 23.5 Å². The van der Waals surface area contributed by atoms with Crippen molar-refractivity contribution in [3.05, 3.63) is 101 Å². The molecule has 2 heterocycles. The van der Waals surface area contributed by atoms with Gasteiger partial charge in [0.15, 0.2) is 0 Å². The Morgan fingerprint density at radius 3 is 2.28 bits per heavy atom. The molecule has 0 spiro atoms. The van der Waals surface area contributed by atoms with Crippen LogP contribution in [0.3, 0.4) is 0 Å². The molecule has 0 radical (unpaired) electrons. The van der Waals surface area contributed by atoms with Crippen LogP contribution in [-0.4, -0.2) is 22.2 Å². The molecule has 0 saturated heterocycles. The van der Waals surface area contributed by atoms with Crippen LogP contribution in [0.2, 0.25) is 0 Å². The van der Waals surface area contributed by atoms with E-state index < -0.39 is 0 Å². The fourth-order valence-corrected chi connectivity index (χ4v) is 4.07. The average molecular weight is 402 g/mol. The van der Waals surface area contributed by atoms with Gasteiger partial charge in [-0.25, -0.2) is 0 Å². The molecule has 146 valence electrons. The lowest BCUT2D eigenvalue weighted by atomic mass is 9.88. The number of rotatable bonds is 8. The Kier molecular flexibility index (Phi) is 6.17. The summed E-state index contributed by atoms with van der Waals surface area (Å²) in [5, 5.41) is 11.8. The molecule has 0 aliphatic heterocycles. The normalized spacial score (nSPS) is 10.9. The van der Waals surface area contributed by atoms with Crippen LogP contribution in [0.4, 0.5) is 0 Å². The summed E-state index contributed by atoms with van der Waals surface area (Å²) >= 11 is 1.66. The van der Waals surface area contributed by atoms with Crippen molar-refractivity contribution in [1.29, 1.82) is 0 Å². The third-order valence-corrected chi connectivity index (χ3v) is 5.60. The minimum absolute atomic E-state index is 0.0484. The summed E-state index contributed by atoms with van der Waals surface area (Å²) in [6.45, 7) is 1.21. The second-order valence-electron chi connectivity index (χ2n) is 6.90. The van der Waals surface area contributed by atoms with E-state index in [1.807, 2.05) is 58.7 Å². The van der Waals surface area contributed by atoms with Crippen LogP contribution >= 0.6 is 11.3 Å². The van der Waals surface area contributed by atoms with Crippen molar-refractivity contribution in [2.45, 2.75) is 18.9 Å². The zero-order valence-electron chi connectivity index (χ0n) is 16.1. The molecule has 0 bridgehead atoms. The molecule has 0 unspecified atom stereocenters. The van der Waals surface area contributed by atoms with Gasteiger partial charge in [0, 0.05) is 36.0 Å². The zero-order chi connectivity index (χ0) is 19.9. The van der Waals surface area contributed by atoms with E-state index in [9.17, 15) is 4.79 Å². The molecule has 5 heteroatoms. The van der Waals surface area contributed by atoms with Gasteiger partial charge in [-0.1, -0.05) is 60.7 Å². The number of amides is 1. The van der Waals surface area contributed by atoms with Gasteiger partial charge in [-0.15, -0.1) is 0 Å². The molecule has 0 aliphatic rings. The highest BCUT2D eigenvalue weighted by molar-refractivity contribution is 7.08. The maximum atomic E-state index is 12.6. The summed E-state index contributed by atoms with van der Waals surface area (Å²) in [6.07, 6.45) is 2.38. The molecule has 4 rings (SSSR count). The number of hydrogen-bond acceptors (Lipinski definition) is 3. The van der Waals surface area contributed by atoms with E-state index in [4.69, 9.17) is 0 Å². The Morgan fingerprint density at radius 2 is 1.66 bits per heavy atom. The smallest absolute Gasteiger partial charge is 0.221 e. The summed E-state index contributed by atoms with van der Waals surface area (Å²) in [7, 11) is 0. The summed E-state index contributed by atoms with van der Waals surface area (Å²) in [4.78, 5) is 12.6. The van der Waals surface area contributed by atoms with E-state index in [2.05, 4.69) is 46.1 Å². The lowest BCUT2D eigenvalue weighted by molar-refractivity contribution is -0.121. The lowest BCUT2D eigenvalue weighted by Crippen LogP contribution is -2.28. The number of thiophene rings is 1. The van der Waals surface area contributed by atoms with Crippen molar-refractivity contribution in [1.82, 2.24) is 15.1 Å². The largest absolute Gasteiger partial charge is 0.354 e. The number of benzene rings is 2. The van der Waals surface area contributed by atoms with E-state index in [1.54, 1.807) is 11.3 Å². The van der Waals surface area contributed by atoms with Gasteiger partial charge >= 0.3 is 0 Å². The van der Waals surface area contributed by atoms with Crippen molar-refractivity contribution in [2.24, 2.45) is 0 Å². The summed E-state index contributed by atoms with van der Waals surface area (Å²) in [5.74, 6) is 0.0974. The Labute approximate surface area is 174 Å². The Balaban J connectivity index is 1.35. The highest BCUT2D eigenvalue weighted by Gasteiger charge is 2.17. The number of carbonyl (C=O) groups excluding carboxylic acids is 1. The third kappa shape index (κ3) is 5.00. The van der Waals surface area contributed by atoms with E-state index in [0.717, 1.165) is 22.4 Å². The van der Waals surface area contributed by atoms with Gasteiger partial charge < -0.3 is 5.32 Å². The quantitative estimate of drug-likeness (QED) is 0.454. The average Bonchev–Trinajstić information content (AvgIpc) is 3.45. The molecule has 2 aromatic heterocycles. The predicted molar refractivity (Wildman–Crippen MR) is 118 cm³/mol. The minimum Gasteiger partial charge on any atom is -0.354 e. The molecule has 4 nitrogen and oxygen atoms in total.